The van der Waals surface area contributed by atoms with E-state index in [-0.39, 0.29) is 0 Å². The summed E-state index contributed by atoms with van der Waals surface area (Å²) in [6.07, 6.45) is 4.21. The Bertz CT molecular complexity index is 152. The highest BCUT2D eigenvalue weighted by atomic mass is 127. The maximum Gasteiger partial charge on any atom is 0.122 e. The van der Waals surface area contributed by atoms with Gasteiger partial charge in [0.05, 0.1) is 4.05 Å². The van der Waals surface area contributed by atoms with Crippen molar-refractivity contribution in [3.05, 3.63) is 0 Å². The fraction of sp³-hybridized carbons (Fsp3) is 1.00. The van der Waals surface area contributed by atoms with E-state index in [1.54, 1.807) is 0 Å². The minimum atomic E-state index is 0.692. The lowest BCUT2D eigenvalue weighted by Crippen LogP contribution is -2.40. The molecule has 1 saturated heterocycles. The number of nitrogens with zero attached hydrogens (tertiary/aromatic N) is 1. The van der Waals surface area contributed by atoms with Gasteiger partial charge in [-0.05, 0) is 32.7 Å². The fourth-order valence-electron chi connectivity index (χ4n) is 2.37. The second-order valence-electron chi connectivity index (χ2n) is 4.50. The van der Waals surface area contributed by atoms with Gasteiger partial charge in [0.2, 0.25) is 0 Å². The van der Waals surface area contributed by atoms with Gasteiger partial charge in [-0.15, -0.1) is 0 Å². The third-order valence-electron chi connectivity index (χ3n) is 3.13. The molecule has 1 heterocycles. The lowest BCUT2D eigenvalue weighted by molar-refractivity contribution is 0.192. The van der Waals surface area contributed by atoms with Crippen LogP contribution in [0.1, 0.15) is 27.2 Å². The number of hydrogen-bond acceptors (Lipinski definition) is 1. The minimum absolute atomic E-state index is 0.692. The van der Waals surface area contributed by atoms with Crippen molar-refractivity contribution in [1.82, 2.24) is 4.90 Å². The zero-order chi connectivity index (χ0) is 9.84. The Morgan fingerprint density at radius 2 is 2.15 bits per heavy atom. The van der Waals surface area contributed by atoms with Gasteiger partial charge in [0.15, 0.2) is 0 Å². The molecule has 1 nitrogen and oxygen atoms in total. The number of rotatable bonds is 1. The Morgan fingerprint density at radius 3 is 2.77 bits per heavy atom. The van der Waals surface area contributed by atoms with Gasteiger partial charge in [-0.25, -0.2) is 0 Å². The van der Waals surface area contributed by atoms with Crippen molar-refractivity contribution < 1.29 is 0 Å². The molecule has 1 fully saturated rings. The third kappa shape index (κ3) is 3.78. The number of halogens is 1. The van der Waals surface area contributed by atoms with Gasteiger partial charge in [0.25, 0.3) is 0 Å². The first-order valence-electron chi connectivity index (χ1n) is 5.51. The zero-order valence-corrected chi connectivity index (χ0v) is 11.3. The van der Waals surface area contributed by atoms with E-state index in [0.29, 0.717) is 4.05 Å². The van der Waals surface area contributed by atoms with Crippen LogP contribution in [0.25, 0.3) is 0 Å². The molecule has 13 heavy (non-hydrogen) atoms. The van der Waals surface area contributed by atoms with Gasteiger partial charge in [-0.2, -0.15) is 0 Å². The normalized spacial score (nSPS) is 34.5. The molecule has 0 aromatic carbocycles. The molecule has 3 heteroatoms. The molecule has 1 aliphatic rings. The second kappa shape index (κ2) is 5.59. The molecule has 3 unspecified atom stereocenters. The van der Waals surface area contributed by atoms with Crippen molar-refractivity contribution in [2.24, 2.45) is 5.92 Å². The SMILES string of the molecule is CC1CBCCN(C(C)I)C(C)C1. The second-order valence-corrected chi connectivity index (χ2v) is 6.30. The highest BCUT2D eigenvalue weighted by molar-refractivity contribution is 14.1. The van der Waals surface area contributed by atoms with E-state index in [9.17, 15) is 0 Å². The highest BCUT2D eigenvalue weighted by Gasteiger charge is 2.21. The maximum absolute atomic E-state index is 2.65. The van der Waals surface area contributed by atoms with E-state index < -0.39 is 0 Å². The molecule has 0 amide bonds. The van der Waals surface area contributed by atoms with Crippen molar-refractivity contribution in [3.8, 4) is 0 Å². The molecule has 0 aromatic heterocycles. The third-order valence-corrected chi connectivity index (χ3v) is 3.85. The van der Waals surface area contributed by atoms with Crippen LogP contribution in [-0.4, -0.2) is 28.8 Å². The molecule has 0 aromatic rings. The Balaban J connectivity index is 2.51. The summed E-state index contributed by atoms with van der Waals surface area (Å²) >= 11 is 2.54. The molecule has 76 valence electrons. The summed E-state index contributed by atoms with van der Waals surface area (Å²) in [5, 5.41) is 0. The summed E-state index contributed by atoms with van der Waals surface area (Å²) in [6, 6.07) is 0.780. The average molecular weight is 293 g/mol. The quantitative estimate of drug-likeness (QED) is 0.311. The van der Waals surface area contributed by atoms with E-state index in [4.69, 9.17) is 0 Å². The average Bonchev–Trinajstić information content (AvgIpc) is 1.99. The van der Waals surface area contributed by atoms with Crippen LogP contribution in [0.2, 0.25) is 12.6 Å². The van der Waals surface area contributed by atoms with Crippen LogP contribution in [0.3, 0.4) is 0 Å². The van der Waals surface area contributed by atoms with Gasteiger partial charge in [0.1, 0.15) is 7.28 Å². The first kappa shape index (κ1) is 11.8. The largest absolute Gasteiger partial charge is 0.290 e. The van der Waals surface area contributed by atoms with E-state index in [1.807, 2.05) is 0 Å². The van der Waals surface area contributed by atoms with Gasteiger partial charge in [-0.3, -0.25) is 4.90 Å². The Labute approximate surface area is 97.0 Å². The number of alkyl halides is 1. The molecule has 3 atom stereocenters. The standard InChI is InChI=1S/C10H21BIN/c1-8-6-9(2)13(10(3)12)5-4-11-7-8/h8-11H,4-7H2,1-3H3. The minimum Gasteiger partial charge on any atom is -0.290 e. The van der Waals surface area contributed by atoms with Crippen LogP contribution >= 0.6 is 22.6 Å². The summed E-state index contributed by atoms with van der Waals surface area (Å²) in [4.78, 5) is 2.65. The lowest BCUT2D eigenvalue weighted by atomic mass is 9.65. The predicted molar refractivity (Wildman–Crippen MR) is 70.2 cm³/mol. The van der Waals surface area contributed by atoms with Crippen LogP contribution in [0.5, 0.6) is 0 Å². The van der Waals surface area contributed by atoms with Gasteiger partial charge in [0, 0.05) is 6.04 Å². The Hall–Kier alpha value is 0.755. The predicted octanol–water partition coefficient (Wildman–Crippen LogP) is 2.77. The van der Waals surface area contributed by atoms with Crippen molar-refractivity contribution in [3.63, 3.8) is 0 Å². The monoisotopic (exact) mass is 293 g/mol. The fourth-order valence-corrected chi connectivity index (χ4v) is 3.20. The number of hydrogen-bond donors (Lipinski definition) is 0. The van der Waals surface area contributed by atoms with Crippen LogP contribution in [-0.2, 0) is 0 Å². The van der Waals surface area contributed by atoms with Crippen LogP contribution in [0.4, 0.5) is 0 Å². The summed E-state index contributed by atoms with van der Waals surface area (Å²) < 4.78 is 0.692. The van der Waals surface area contributed by atoms with Crippen LogP contribution < -0.4 is 0 Å². The smallest absolute Gasteiger partial charge is 0.122 e. The Morgan fingerprint density at radius 1 is 1.46 bits per heavy atom. The topological polar surface area (TPSA) is 3.24 Å². The van der Waals surface area contributed by atoms with Crippen molar-refractivity contribution in [2.45, 2.75) is 49.9 Å². The Kier molecular flexibility index (Phi) is 5.09. The summed E-state index contributed by atoms with van der Waals surface area (Å²) in [7, 11) is 1.42. The van der Waals surface area contributed by atoms with Crippen molar-refractivity contribution in [2.75, 3.05) is 6.54 Å². The maximum atomic E-state index is 2.65. The molecule has 1 aliphatic heterocycles. The molecule has 0 saturated carbocycles. The van der Waals surface area contributed by atoms with Crippen LogP contribution in [0, 0.1) is 5.92 Å². The molecule has 0 radical (unpaired) electrons. The molecule has 0 N–H and O–H groups in total. The van der Waals surface area contributed by atoms with Crippen molar-refractivity contribution >= 4 is 29.9 Å². The van der Waals surface area contributed by atoms with E-state index in [2.05, 4.69) is 48.3 Å². The molecule has 0 spiro atoms. The molecule has 0 bridgehead atoms. The molecular weight excluding hydrogens is 272 g/mol. The lowest BCUT2D eigenvalue weighted by Gasteiger charge is -2.35. The zero-order valence-electron chi connectivity index (χ0n) is 9.09. The van der Waals surface area contributed by atoms with E-state index in [0.717, 1.165) is 12.0 Å². The van der Waals surface area contributed by atoms with Crippen LogP contribution in [0.15, 0.2) is 0 Å². The first-order chi connectivity index (χ1) is 6.11. The van der Waals surface area contributed by atoms with Gasteiger partial charge in [-0.1, -0.05) is 42.2 Å². The van der Waals surface area contributed by atoms with Crippen molar-refractivity contribution in [1.29, 1.82) is 0 Å². The molecule has 1 rings (SSSR count). The van der Waals surface area contributed by atoms with E-state index in [1.165, 1.54) is 32.9 Å². The van der Waals surface area contributed by atoms with E-state index >= 15 is 0 Å². The summed E-state index contributed by atoms with van der Waals surface area (Å²) in [6.45, 7) is 8.40. The van der Waals surface area contributed by atoms with Gasteiger partial charge < -0.3 is 0 Å². The molecular formula is C10H21BIN. The van der Waals surface area contributed by atoms with Gasteiger partial charge >= 0.3 is 0 Å². The summed E-state index contributed by atoms with van der Waals surface area (Å²) in [5.41, 5.74) is 0. The molecule has 0 aliphatic carbocycles. The first-order valence-corrected chi connectivity index (χ1v) is 6.75. The highest BCUT2D eigenvalue weighted by Crippen LogP contribution is 2.22. The summed E-state index contributed by atoms with van der Waals surface area (Å²) in [5.74, 6) is 0.924.